The average Bonchev–Trinajstić information content (AvgIpc) is 2.89. The first-order valence-corrected chi connectivity index (χ1v) is 13.0. The molecule has 188 valence electrons. The first kappa shape index (κ1) is 23.9. The van der Waals surface area contributed by atoms with Crippen molar-refractivity contribution in [2.75, 3.05) is 69.8 Å². The van der Waals surface area contributed by atoms with Crippen LogP contribution in [0.3, 0.4) is 0 Å². The number of rotatable bonds is 5. The van der Waals surface area contributed by atoms with Gasteiger partial charge in [-0.2, -0.15) is 4.98 Å². The second kappa shape index (κ2) is 10.4. The monoisotopic (exact) mass is 478 g/mol. The van der Waals surface area contributed by atoms with Gasteiger partial charge in [-0.3, -0.25) is 4.79 Å². The smallest absolute Gasteiger partial charge is 0.227 e. The molecule has 0 bridgehead atoms. The van der Waals surface area contributed by atoms with E-state index < -0.39 is 0 Å². The van der Waals surface area contributed by atoms with Gasteiger partial charge in [0, 0.05) is 57.8 Å². The molecule has 1 aromatic heterocycles. The number of anilines is 2. The van der Waals surface area contributed by atoms with Crippen LogP contribution in [-0.2, 0) is 24.2 Å². The molecule has 2 saturated heterocycles. The van der Waals surface area contributed by atoms with E-state index in [1.807, 2.05) is 29.2 Å². The van der Waals surface area contributed by atoms with Gasteiger partial charge in [0.05, 0.1) is 25.8 Å². The Bertz CT molecular complexity index is 1030. The maximum absolute atomic E-state index is 13.2. The molecular formula is C27H38N6O2. The van der Waals surface area contributed by atoms with Crippen molar-refractivity contribution < 1.29 is 9.53 Å². The van der Waals surface area contributed by atoms with E-state index in [2.05, 4.69) is 28.7 Å². The topological polar surface area (TPSA) is 65.0 Å². The fraction of sp³-hybridized carbons (Fsp3) is 0.593. The summed E-state index contributed by atoms with van der Waals surface area (Å²) in [6.45, 7) is 9.62. The van der Waals surface area contributed by atoms with Gasteiger partial charge in [-0.15, -0.1) is 0 Å². The number of piperidine rings is 1. The number of aromatic nitrogens is 2. The molecule has 3 aliphatic heterocycles. The second-order valence-corrected chi connectivity index (χ2v) is 10.3. The lowest BCUT2D eigenvalue weighted by Crippen LogP contribution is -2.46. The zero-order chi connectivity index (χ0) is 24.4. The van der Waals surface area contributed by atoms with Crippen LogP contribution in [0.4, 0.5) is 11.8 Å². The van der Waals surface area contributed by atoms with Crippen molar-refractivity contribution in [2.24, 2.45) is 5.92 Å². The SMILES string of the molecule is COc1ccc(CC(=O)N2CCc3nc(N4CCC(C)CC4)nc(N4CCN(C)CC4)c3C2)cc1. The number of benzene rings is 1. The Morgan fingerprint density at radius 3 is 2.37 bits per heavy atom. The number of carbonyl (C=O) groups is 1. The summed E-state index contributed by atoms with van der Waals surface area (Å²) < 4.78 is 5.25. The predicted octanol–water partition coefficient (Wildman–Crippen LogP) is 2.60. The molecule has 4 heterocycles. The van der Waals surface area contributed by atoms with Crippen molar-refractivity contribution in [3.8, 4) is 5.75 Å². The molecule has 1 amide bonds. The van der Waals surface area contributed by atoms with Gasteiger partial charge in [-0.1, -0.05) is 19.1 Å². The highest BCUT2D eigenvalue weighted by atomic mass is 16.5. The lowest BCUT2D eigenvalue weighted by Gasteiger charge is -2.38. The number of fused-ring (bicyclic) bond motifs is 1. The van der Waals surface area contributed by atoms with Crippen LogP contribution in [-0.4, -0.2) is 85.6 Å². The van der Waals surface area contributed by atoms with E-state index in [0.717, 1.165) is 85.9 Å². The Morgan fingerprint density at radius 2 is 1.69 bits per heavy atom. The van der Waals surface area contributed by atoms with Gasteiger partial charge in [-0.25, -0.2) is 4.98 Å². The number of piperazine rings is 1. The Hall–Kier alpha value is -2.87. The molecule has 0 N–H and O–H groups in total. The largest absolute Gasteiger partial charge is 0.497 e. The van der Waals surface area contributed by atoms with E-state index in [4.69, 9.17) is 14.7 Å². The highest BCUT2D eigenvalue weighted by Crippen LogP contribution is 2.31. The summed E-state index contributed by atoms with van der Waals surface area (Å²) in [4.78, 5) is 32.6. The fourth-order valence-electron chi connectivity index (χ4n) is 5.26. The van der Waals surface area contributed by atoms with Crippen LogP contribution in [0.15, 0.2) is 24.3 Å². The molecule has 5 rings (SSSR count). The zero-order valence-corrected chi connectivity index (χ0v) is 21.4. The van der Waals surface area contributed by atoms with Crippen molar-refractivity contribution >= 4 is 17.7 Å². The lowest BCUT2D eigenvalue weighted by atomic mass is 9.99. The Balaban J connectivity index is 1.38. The van der Waals surface area contributed by atoms with Gasteiger partial charge < -0.3 is 24.3 Å². The number of methoxy groups -OCH3 is 1. The third kappa shape index (κ3) is 5.37. The maximum atomic E-state index is 13.2. The van der Waals surface area contributed by atoms with Crippen LogP contribution >= 0.6 is 0 Å². The standard InChI is InChI=1S/C27H38N6O2/c1-20-8-11-32(12-9-20)27-28-24-10-13-33(25(34)18-21-4-6-22(35-3)7-5-21)19-23(24)26(29-27)31-16-14-30(2)15-17-31/h4-7,20H,8-19H2,1-3H3. The minimum absolute atomic E-state index is 0.152. The summed E-state index contributed by atoms with van der Waals surface area (Å²) in [7, 11) is 3.83. The van der Waals surface area contributed by atoms with Crippen molar-refractivity contribution in [1.82, 2.24) is 19.8 Å². The molecule has 2 aromatic rings. The summed E-state index contributed by atoms with van der Waals surface area (Å²) in [5.74, 6) is 3.65. The molecule has 0 atom stereocenters. The Morgan fingerprint density at radius 1 is 0.971 bits per heavy atom. The first-order valence-electron chi connectivity index (χ1n) is 13.0. The van der Waals surface area contributed by atoms with Crippen LogP contribution < -0.4 is 14.5 Å². The van der Waals surface area contributed by atoms with E-state index in [1.165, 1.54) is 12.8 Å². The van der Waals surface area contributed by atoms with Crippen molar-refractivity contribution in [1.29, 1.82) is 0 Å². The van der Waals surface area contributed by atoms with Crippen LogP contribution in [0.2, 0.25) is 0 Å². The van der Waals surface area contributed by atoms with E-state index in [9.17, 15) is 4.79 Å². The molecule has 0 saturated carbocycles. The number of nitrogens with zero attached hydrogens (tertiary/aromatic N) is 6. The second-order valence-electron chi connectivity index (χ2n) is 10.3. The number of hydrogen-bond acceptors (Lipinski definition) is 7. The molecular weight excluding hydrogens is 440 g/mol. The summed E-state index contributed by atoms with van der Waals surface area (Å²) in [6, 6.07) is 7.77. The number of likely N-dealkylation sites (N-methyl/N-ethyl adjacent to an activating group) is 1. The van der Waals surface area contributed by atoms with Gasteiger partial charge in [0.15, 0.2) is 0 Å². The molecule has 1 aromatic carbocycles. The van der Waals surface area contributed by atoms with E-state index in [0.29, 0.717) is 19.5 Å². The van der Waals surface area contributed by atoms with Gasteiger partial charge in [0.25, 0.3) is 0 Å². The predicted molar refractivity (Wildman–Crippen MR) is 138 cm³/mol. The minimum atomic E-state index is 0.152. The number of amides is 1. The summed E-state index contributed by atoms with van der Waals surface area (Å²) in [5.41, 5.74) is 3.26. The molecule has 0 aliphatic carbocycles. The molecule has 0 radical (unpaired) electrons. The van der Waals surface area contributed by atoms with Crippen LogP contribution in [0.1, 0.15) is 36.6 Å². The van der Waals surface area contributed by atoms with Crippen molar-refractivity contribution in [3.05, 3.63) is 41.1 Å². The van der Waals surface area contributed by atoms with Crippen LogP contribution in [0.25, 0.3) is 0 Å². The maximum Gasteiger partial charge on any atom is 0.227 e. The Labute approximate surface area is 208 Å². The molecule has 2 fully saturated rings. The van der Waals surface area contributed by atoms with Gasteiger partial charge in [0.1, 0.15) is 11.6 Å². The molecule has 35 heavy (non-hydrogen) atoms. The highest BCUT2D eigenvalue weighted by Gasteiger charge is 2.30. The normalized spacial score (nSPS) is 19.6. The highest BCUT2D eigenvalue weighted by molar-refractivity contribution is 5.79. The van der Waals surface area contributed by atoms with E-state index in [-0.39, 0.29) is 5.91 Å². The van der Waals surface area contributed by atoms with Crippen molar-refractivity contribution in [3.63, 3.8) is 0 Å². The first-order chi connectivity index (χ1) is 17.0. The molecule has 8 nitrogen and oxygen atoms in total. The zero-order valence-electron chi connectivity index (χ0n) is 21.4. The molecule has 8 heteroatoms. The summed E-state index contributed by atoms with van der Waals surface area (Å²) >= 11 is 0. The third-order valence-electron chi connectivity index (χ3n) is 7.76. The third-order valence-corrected chi connectivity index (χ3v) is 7.76. The molecule has 0 unspecified atom stereocenters. The lowest BCUT2D eigenvalue weighted by molar-refractivity contribution is -0.131. The Kier molecular flexibility index (Phi) is 7.09. The molecule has 3 aliphatic rings. The fourth-order valence-corrected chi connectivity index (χ4v) is 5.26. The number of hydrogen-bond donors (Lipinski definition) is 0. The van der Waals surface area contributed by atoms with Crippen molar-refractivity contribution in [2.45, 2.75) is 39.2 Å². The van der Waals surface area contributed by atoms with Gasteiger partial charge >= 0.3 is 0 Å². The van der Waals surface area contributed by atoms with Gasteiger partial charge in [0.2, 0.25) is 11.9 Å². The molecule has 0 spiro atoms. The van der Waals surface area contributed by atoms with E-state index >= 15 is 0 Å². The van der Waals surface area contributed by atoms with Crippen LogP contribution in [0.5, 0.6) is 5.75 Å². The number of ether oxygens (including phenoxy) is 1. The summed E-state index contributed by atoms with van der Waals surface area (Å²) in [6.07, 6.45) is 3.56. The minimum Gasteiger partial charge on any atom is -0.497 e. The summed E-state index contributed by atoms with van der Waals surface area (Å²) in [5, 5.41) is 0. The average molecular weight is 479 g/mol. The van der Waals surface area contributed by atoms with E-state index in [1.54, 1.807) is 7.11 Å². The quantitative estimate of drug-likeness (QED) is 0.655. The van der Waals surface area contributed by atoms with Crippen LogP contribution in [0, 0.1) is 5.92 Å². The van der Waals surface area contributed by atoms with Gasteiger partial charge in [-0.05, 0) is 43.5 Å². The number of carbonyl (C=O) groups excluding carboxylic acids is 1.